The lowest BCUT2D eigenvalue weighted by atomic mass is 10.3. The average molecular weight is 268 g/mol. The Morgan fingerprint density at radius 3 is 2.31 bits per heavy atom. The van der Waals surface area contributed by atoms with E-state index in [-0.39, 0.29) is 5.69 Å². The van der Waals surface area contributed by atoms with E-state index >= 15 is 0 Å². The van der Waals surface area contributed by atoms with Crippen molar-refractivity contribution in [2.75, 3.05) is 0 Å². The van der Waals surface area contributed by atoms with Gasteiger partial charge in [-0.05, 0) is 24.3 Å². The quantitative estimate of drug-likeness (QED) is 0.611. The molecular weight excluding hydrogens is 263 g/mol. The number of hydrogen-bond acceptors (Lipinski definition) is 2. The molecule has 1 rings (SSSR count). The Balaban J connectivity index is 3.01. The topological polar surface area (TPSA) is 29.4 Å². The Bertz CT molecular complexity index is 454. The third-order valence-electron chi connectivity index (χ3n) is 1.55. The summed E-state index contributed by atoms with van der Waals surface area (Å²) < 4.78 is 47.5. The molecule has 0 aliphatic rings. The molecule has 0 aliphatic carbocycles. The molecule has 0 aromatic heterocycles. The molecule has 0 saturated carbocycles. The van der Waals surface area contributed by atoms with E-state index in [2.05, 4.69) is 4.99 Å². The molecule has 0 amide bonds. The van der Waals surface area contributed by atoms with Crippen molar-refractivity contribution >= 4 is 39.4 Å². The fourth-order valence-corrected chi connectivity index (χ4v) is 1.16. The summed E-state index contributed by atoms with van der Waals surface area (Å²) in [6.45, 7) is 0. The molecule has 0 bridgehead atoms. The number of alkyl halides is 2. The number of nitrogens with zero attached hydrogens (tertiary/aromatic N) is 1. The van der Waals surface area contributed by atoms with E-state index in [1.807, 2.05) is 0 Å². The Hall–Kier alpha value is -1.14. The van der Waals surface area contributed by atoms with Crippen LogP contribution in [0.4, 0.5) is 18.9 Å². The Morgan fingerprint density at radius 2 is 1.88 bits per heavy atom. The fourth-order valence-electron chi connectivity index (χ4n) is 0.845. The molecular formula is C9H5ClF3NOS. The number of rotatable bonds is 3. The first-order valence-corrected chi connectivity index (χ1v) is 5.11. The van der Waals surface area contributed by atoms with Crippen molar-refractivity contribution in [2.45, 2.75) is 6.43 Å². The molecule has 0 aliphatic heterocycles. The molecule has 0 saturated heterocycles. The van der Waals surface area contributed by atoms with Crippen molar-refractivity contribution in [3.8, 4) is 0 Å². The summed E-state index contributed by atoms with van der Waals surface area (Å²) in [5, 5.41) is 0.413. The highest BCUT2D eigenvalue weighted by molar-refractivity contribution is 7.68. The lowest BCUT2D eigenvalue weighted by molar-refractivity contribution is 0.230. The van der Waals surface area contributed by atoms with Crippen LogP contribution in [0.25, 0.3) is 0 Å². The summed E-state index contributed by atoms with van der Waals surface area (Å²) in [5.41, 5.74) is 0.106. The third kappa shape index (κ3) is 3.46. The third-order valence-corrected chi connectivity index (χ3v) is 2.32. The highest BCUT2D eigenvalue weighted by atomic mass is 35.5. The maximum absolute atomic E-state index is 13.1. The van der Waals surface area contributed by atoms with Crippen LogP contribution in [-0.2, 0) is 11.3 Å². The van der Waals surface area contributed by atoms with E-state index in [4.69, 9.17) is 11.6 Å². The normalized spacial score (nSPS) is 11.7. The second-order valence-electron chi connectivity index (χ2n) is 2.63. The summed E-state index contributed by atoms with van der Waals surface area (Å²) in [4.78, 5) is 2.02. The van der Waals surface area contributed by atoms with Crippen LogP contribution in [0.3, 0.4) is 0 Å². The second-order valence-corrected chi connectivity index (χ2v) is 3.67. The Morgan fingerprint density at radius 1 is 1.31 bits per heavy atom. The Labute approximate surface area is 97.8 Å². The van der Waals surface area contributed by atoms with Gasteiger partial charge in [0.15, 0.2) is 4.86 Å². The van der Waals surface area contributed by atoms with Crippen LogP contribution in [0.5, 0.6) is 0 Å². The second kappa shape index (κ2) is 5.81. The lowest BCUT2D eigenvalue weighted by Gasteiger charge is -1.98. The summed E-state index contributed by atoms with van der Waals surface area (Å²) in [5.74, 6) is -1.47. The van der Waals surface area contributed by atoms with E-state index in [9.17, 15) is 17.4 Å². The molecule has 0 spiro atoms. The number of halogens is 4. The molecule has 0 atom stereocenters. The van der Waals surface area contributed by atoms with Gasteiger partial charge in [-0.15, -0.1) is 0 Å². The molecule has 1 aromatic carbocycles. The van der Waals surface area contributed by atoms with Crippen molar-refractivity contribution in [3.05, 3.63) is 29.3 Å². The highest BCUT2D eigenvalue weighted by Crippen LogP contribution is 2.17. The first-order valence-electron chi connectivity index (χ1n) is 3.99. The van der Waals surface area contributed by atoms with Gasteiger partial charge in [0.05, 0.1) is 5.69 Å². The summed E-state index contributed by atoms with van der Waals surface area (Å²) in [7, 11) is 0. The summed E-state index contributed by atoms with van der Waals surface area (Å²) in [6.07, 6.45) is -3.17. The largest absolute Gasteiger partial charge is 0.280 e. The van der Waals surface area contributed by atoms with Gasteiger partial charge >= 0.3 is 0 Å². The smallest absolute Gasteiger partial charge is 0.219 e. The van der Waals surface area contributed by atoms with Gasteiger partial charge in [0, 0.05) is 5.02 Å². The van der Waals surface area contributed by atoms with Crippen LogP contribution >= 0.6 is 11.6 Å². The molecule has 16 heavy (non-hydrogen) atoms. The molecule has 2 nitrogen and oxygen atoms in total. The van der Waals surface area contributed by atoms with E-state index in [0.29, 0.717) is 5.02 Å². The first-order chi connectivity index (χ1) is 7.54. The molecule has 0 heterocycles. The first kappa shape index (κ1) is 12.9. The number of aliphatic imine (C=N–C) groups is 1. The van der Waals surface area contributed by atoms with Crippen LogP contribution in [0.1, 0.15) is 0 Å². The van der Waals surface area contributed by atoms with Gasteiger partial charge in [-0.1, -0.05) is 11.6 Å². The molecule has 0 unspecified atom stereocenters. The monoisotopic (exact) mass is 267 g/mol. The predicted molar refractivity (Wildman–Crippen MR) is 58.8 cm³/mol. The fraction of sp³-hybridized carbons (Fsp3) is 0.111. The van der Waals surface area contributed by atoms with E-state index in [1.54, 1.807) is 0 Å². The number of hydrogen-bond donors (Lipinski definition) is 0. The molecule has 0 radical (unpaired) electrons. The molecule has 0 fully saturated rings. The van der Waals surface area contributed by atoms with E-state index in [1.165, 1.54) is 24.3 Å². The maximum atomic E-state index is 13.1. The van der Waals surface area contributed by atoms with Crippen LogP contribution in [0, 0.1) is 0 Å². The van der Waals surface area contributed by atoms with E-state index in [0.717, 1.165) is 0 Å². The van der Waals surface area contributed by atoms with Crippen LogP contribution in [0.15, 0.2) is 29.3 Å². The van der Waals surface area contributed by atoms with Gasteiger partial charge in [0.2, 0.25) is 5.97 Å². The van der Waals surface area contributed by atoms with E-state index < -0.39 is 28.5 Å². The highest BCUT2D eigenvalue weighted by Gasteiger charge is 2.19. The van der Waals surface area contributed by atoms with Gasteiger partial charge < -0.3 is 0 Å². The summed E-state index contributed by atoms with van der Waals surface area (Å²) in [6, 6.07) is 5.56. The molecule has 86 valence electrons. The summed E-state index contributed by atoms with van der Waals surface area (Å²) >= 11 is 4.96. The van der Waals surface area contributed by atoms with Crippen LogP contribution in [-0.4, -0.2) is 21.5 Å². The van der Waals surface area contributed by atoms with Crippen molar-refractivity contribution in [1.82, 2.24) is 0 Å². The number of benzene rings is 1. The molecule has 1 aromatic rings. The van der Waals surface area contributed by atoms with Gasteiger partial charge in [0.1, 0.15) is 11.3 Å². The van der Waals surface area contributed by atoms with Gasteiger partial charge in [-0.25, -0.2) is 18.0 Å². The minimum atomic E-state index is -3.17. The molecule has 0 N–H and O–H groups in total. The van der Waals surface area contributed by atoms with Crippen molar-refractivity contribution in [2.24, 2.45) is 4.99 Å². The zero-order valence-corrected chi connectivity index (χ0v) is 9.23. The van der Waals surface area contributed by atoms with Crippen molar-refractivity contribution < 1.29 is 17.4 Å². The van der Waals surface area contributed by atoms with Crippen LogP contribution in [0.2, 0.25) is 5.02 Å². The minimum absolute atomic E-state index is 0.106. The minimum Gasteiger partial charge on any atom is -0.219 e. The Kier molecular flexibility index (Phi) is 4.70. The van der Waals surface area contributed by atoms with Gasteiger partial charge in [0.25, 0.3) is 6.43 Å². The zero-order chi connectivity index (χ0) is 12.1. The predicted octanol–water partition coefficient (Wildman–Crippen LogP) is 2.99. The maximum Gasteiger partial charge on any atom is 0.280 e. The lowest BCUT2D eigenvalue weighted by Crippen LogP contribution is -2.18. The van der Waals surface area contributed by atoms with Gasteiger partial charge in [-0.3, -0.25) is 0 Å². The van der Waals surface area contributed by atoms with Crippen molar-refractivity contribution in [3.63, 3.8) is 0 Å². The molecule has 7 heteroatoms. The average Bonchev–Trinajstić information content (AvgIpc) is 2.22. The van der Waals surface area contributed by atoms with Crippen molar-refractivity contribution in [1.29, 1.82) is 0 Å². The zero-order valence-electron chi connectivity index (χ0n) is 7.66. The van der Waals surface area contributed by atoms with Gasteiger partial charge in [-0.2, -0.15) is 4.39 Å². The van der Waals surface area contributed by atoms with Crippen LogP contribution < -0.4 is 0 Å². The standard InChI is InChI=1S/C9H5ClF3NOS/c10-5-1-3-6(4-2-5)14-9(13)7(16-15)8(11)12/h1-4,8H. The SMILES string of the molecule is O=S=C(C(F)=Nc1ccc(Cl)cc1)C(F)F.